The highest BCUT2D eigenvalue weighted by Crippen LogP contribution is 1.98. The predicted octanol–water partition coefficient (Wildman–Crippen LogP) is -0.232. The normalized spacial score (nSPS) is 19.7. The van der Waals surface area contributed by atoms with Gasteiger partial charge < -0.3 is 15.4 Å². The lowest BCUT2D eigenvalue weighted by Gasteiger charge is -2.23. The third-order valence-corrected chi connectivity index (χ3v) is 2.88. The molecule has 100 valence electrons. The van der Waals surface area contributed by atoms with E-state index in [1.165, 1.54) is 0 Å². The summed E-state index contributed by atoms with van der Waals surface area (Å²) in [6, 6.07) is 2.05. The van der Waals surface area contributed by atoms with Crippen LogP contribution in [0.15, 0.2) is 18.5 Å². The molecule has 6 heteroatoms. The molecule has 2 heterocycles. The molecule has 1 fully saturated rings. The molecule has 1 amide bonds. The van der Waals surface area contributed by atoms with E-state index in [1.807, 2.05) is 16.9 Å². The SMILES string of the molecule is O=C(CC1COCCN1)NCCCn1cccn1. The molecule has 0 spiro atoms. The highest BCUT2D eigenvalue weighted by molar-refractivity contribution is 5.76. The van der Waals surface area contributed by atoms with E-state index in [0.717, 1.165) is 26.1 Å². The van der Waals surface area contributed by atoms with Crippen molar-refractivity contribution in [3.8, 4) is 0 Å². The summed E-state index contributed by atoms with van der Waals surface area (Å²) in [5, 5.41) is 10.3. The first-order chi connectivity index (χ1) is 8.84. The topological polar surface area (TPSA) is 68.2 Å². The van der Waals surface area contributed by atoms with Crippen LogP contribution in [-0.4, -0.2) is 48.0 Å². The number of hydrogen-bond donors (Lipinski definition) is 2. The number of aryl methyl sites for hydroxylation is 1. The maximum atomic E-state index is 11.6. The van der Waals surface area contributed by atoms with Gasteiger partial charge in [-0.2, -0.15) is 5.10 Å². The quantitative estimate of drug-likeness (QED) is 0.686. The van der Waals surface area contributed by atoms with E-state index in [2.05, 4.69) is 15.7 Å². The molecular weight excluding hydrogens is 232 g/mol. The zero-order valence-electron chi connectivity index (χ0n) is 10.5. The number of rotatable bonds is 6. The number of hydrogen-bond acceptors (Lipinski definition) is 4. The van der Waals surface area contributed by atoms with Gasteiger partial charge in [0.1, 0.15) is 0 Å². The molecule has 1 aliphatic rings. The van der Waals surface area contributed by atoms with Crippen molar-refractivity contribution in [2.24, 2.45) is 0 Å². The minimum absolute atomic E-state index is 0.0819. The third-order valence-electron chi connectivity index (χ3n) is 2.88. The van der Waals surface area contributed by atoms with Crippen molar-refractivity contribution in [3.63, 3.8) is 0 Å². The van der Waals surface area contributed by atoms with Crippen LogP contribution in [0.2, 0.25) is 0 Å². The summed E-state index contributed by atoms with van der Waals surface area (Å²) in [4.78, 5) is 11.6. The molecule has 6 nitrogen and oxygen atoms in total. The number of carbonyl (C=O) groups is 1. The van der Waals surface area contributed by atoms with Gasteiger partial charge in [-0.05, 0) is 12.5 Å². The highest BCUT2D eigenvalue weighted by atomic mass is 16.5. The average molecular weight is 252 g/mol. The van der Waals surface area contributed by atoms with Gasteiger partial charge in [-0.1, -0.05) is 0 Å². The van der Waals surface area contributed by atoms with Crippen LogP contribution < -0.4 is 10.6 Å². The summed E-state index contributed by atoms with van der Waals surface area (Å²) in [6.07, 6.45) is 5.06. The molecule has 0 saturated carbocycles. The van der Waals surface area contributed by atoms with Gasteiger partial charge in [0, 0.05) is 44.5 Å². The Morgan fingerprint density at radius 2 is 2.56 bits per heavy atom. The fraction of sp³-hybridized carbons (Fsp3) is 0.667. The van der Waals surface area contributed by atoms with Crippen LogP contribution >= 0.6 is 0 Å². The Balaban J connectivity index is 1.54. The van der Waals surface area contributed by atoms with Crippen LogP contribution in [0.5, 0.6) is 0 Å². The second kappa shape index (κ2) is 7.13. The summed E-state index contributed by atoms with van der Waals surface area (Å²) in [6.45, 7) is 3.71. The summed E-state index contributed by atoms with van der Waals surface area (Å²) in [5.74, 6) is 0.0819. The summed E-state index contributed by atoms with van der Waals surface area (Å²) < 4.78 is 7.17. The van der Waals surface area contributed by atoms with Crippen molar-refractivity contribution in [1.82, 2.24) is 20.4 Å². The van der Waals surface area contributed by atoms with Crippen LogP contribution in [0.4, 0.5) is 0 Å². The van der Waals surface area contributed by atoms with Gasteiger partial charge in [-0.25, -0.2) is 0 Å². The predicted molar refractivity (Wildman–Crippen MR) is 67.1 cm³/mol. The number of amides is 1. The summed E-state index contributed by atoms with van der Waals surface area (Å²) >= 11 is 0. The Morgan fingerprint density at radius 1 is 1.61 bits per heavy atom. The number of nitrogens with zero attached hydrogens (tertiary/aromatic N) is 2. The smallest absolute Gasteiger partial charge is 0.221 e. The fourth-order valence-electron chi connectivity index (χ4n) is 1.95. The lowest BCUT2D eigenvalue weighted by Crippen LogP contribution is -2.44. The Hall–Kier alpha value is -1.40. The second-order valence-corrected chi connectivity index (χ2v) is 4.40. The molecule has 1 aromatic rings. The standard InChI is InChI=1S/C12H20N4O2/c17-12(9-11-10-18-8-5-13-11)14-3-1-6-16-7-2-4-15-16/h2,4,7,11,13H,1,3,5-6,8-10H2,(H,14,17). The molecular formula is C12H20N4O2. The van der Waals surface area contributed by atoms with E-state index in [4.69, 9.17) is 4.74 Å². The highest BCUT2D eigenvalue weighted by Gasteiger charge is 2.16. The minimum atomic E-state index is 0.0819. The van der Waals surface area contributed by atoms with Crippen LogP contribution in [0, 0.1) is 0 Å². The van der Waals surface area contributed by atoms with E-state index in [-0.39, 0.29) is 11.9 Å². The molecule has 18 heavy (non-hydrogen) atoms. The summed E-state index contributed by atoms with van der Waals surface area (Å²) in [5.41, 5.74) is 0. The molecule has 0 aromatic carbocycles. The molecule has 2 N–H and O–H groups in total. The van der Waals surface area contributed by atoms with Crippen LogP contribution in [0.3, 0.4) is 0 Å². The van der Waals surface area contributed by atoms with Crippen molar-refractivity contribution in [1.29, 1.82) is 0 Å². The Kier molecular flexibility index (Phi) is 5.16. The first-order valence-corrected chi connectivity index (χ1v) is 6.40. The van der Waals surface area contributed by atoms with E-state index in [1.54, 1.807) is 6.20 Å². The van der Waals surface area contributed by atoms with Gasteiger partial charge in [-0.15, -0.1) is 0 Å². The van der Waals surface area contributed by atoms with Gasteiger partial charge in [0.25, 0.3) is 0 Å². The molecule has 1 aliphatic heterocycles. The van der Waals surface area contributed by atoms with Gasteiger partial charge in [0.15, 0.2) is 0 Å². The number of aromatic nitrogens is 2. The van der Waals surface area contributed by atoms with Crippen molar-refractivity contribution in [2.45, 2.75) is 25.4 Å². The van der Waals surface area contributed by atoms with Crippen LogP contribution in [0.1, 0.15) is 12.8 Å². The van der Waals surface area contributed by atoms with Crippen molar-refractivity contribution < 1.29 is 9.53 Å². The Morgan fingerprint density at radius 3 is 3.28 bits per heavy atom. The molecule has 1 unspecified atom stereocenters. The number of morpholine rings is 1. The largest absolute Gasteiger partial charge is 0.378 e. The molecule has 2 rings (SSSR count). The number of nitrogens with one attached hydrogen (secondary N) is 2. The molecule has 1 aromatic heterocycles. The molecule has 0 aliphatic carbocycles. The maximum absolute atomic E-state index is 11.6. The lowest BCUT2D eigenvalue weighted by molar-refractivity contribution is -0.122. The van der Waals surface area contributed by atoms with Crippen LogP contribution in [-0.2, 0) is 16.1 Å². The van der Waals surface area contributed by atoms with E-state index < -0.39 is 0 Å². The molecule has 0 bridgehead atoms. The van der Waals surface area contributed by atoms with Crippen molar-refractivity contribution in [2.75, 3.05) is 26.3 Å². The van der Waals surface area contributed by atoms with Gasteiger partial charge in [0.05, 0.1) is 13.2 Å². The zero-order valence-corrected chi connectivity index (χ0v) is 10.5. The Labute approximate surface area is 107 Å². The monoisotopic (exact) mass is 252 g/mol. The zero-order chi connectivity index (χ0) is 12.6. The van der Waals surface area contributed by atoms with E-state index in [9.17, 15) is 4.79 Å². The van der Waals surface area contributed by atoms with Crippen molar-refractivity contribution in [3.05, 3.63) is 18.5 Å². The van der Waals surface area contributed by atoms with Crippen LogP contribution in [0.25, 0.3) is 0 Å². The average Bonchev–Trinajstić information content (AvgIpc) is 2.89. The molecule has 1 saturated heterocycles. The Bertz CT molecular complexity index is 347. The second-order valence-electron chi connectivity index (χ2n) is 4.40. The third kappa shape index (κ3) is 4.46. The van der Waals surface area contributed by atoms with Crippen molar-refractivity contribution >= 4 is 5.91 Å². The lowest BCUT2D eigenvalue weighted by atomic mass is 10.2. The first kappa shape index (κ1) is 13.0. The first-order valence-electron chi connectivity index (χ1n) is 6.40. The number of ether oxygens (including phenoxy) is 1. The van der Waals surface area contributed by atoms with Gasteiger partial charge in [-0.3, -0.25) is 9.48 Å². The molecule has 1 atom stereocenters. The van der Waals surface area contributed by atoms with E-state index in [0.29, 0.717) is 19.6 Å². The molecule has 0 radical (unpaired) electrons. The van der Waals surface area contributed by atoms with Gasteiger partial charge in [0.2, 0.25) is 5.91 Å². The number of carbonyl (C=O) groups excluding carboxylic acids is 1. The van der Waals surface area contributed by atoms with Gasteiger partial charge >= 0.3 is 0 Å². The minimum Gasteiger partial charge on any atom is -0.378 e. The fourth-order valence-corrected chi connectivity index (χ4v) is 1.95. The van der Waals surface area contributed by atoms with E-state index >= 15 is 0 Å². The summed E-state index contributed by atoms with van der Waals surface area (Å²) in [7, 11) is 0. The maximum Gasteiger partial charge on any atom is 0.221 e.